The number of likely N-dealkylation sites (tertiary alicyclic amines) is 1. The number of aromatic nitrogens is 1. The van der Waals surface area contributed by atoms with Gasteiger partial charge >= 0.3 is 0 Å². The zero-order valence-corrected chi connectivity index (χ0v) is 18.0. The molecule has 0 bridgehead atoms. The van der Waals surface area contributed by atoms with Gasteiger partial charge in [0.1, 0.15) is 12.4 Å². The Bertz CT molecular complexity index is 741. The summed E-state index contributed by atoms with van der Waals surface area (Å²) in [5.74, 6) is 0.702. The second kappa shape index (κ2) is 11.0. The summed E-state index contributed by atoms with van der Waals surface area (Å²) in [6, 6.07) is 8.00. The number of hydrogen-bond donors (Lipinski definition) is 1. The van der Waals surface area contributed by atoms with Gasteiger partial charge in [0.05, 0.1) is 16.8 Å². The molecule has 0 radical (unpaired) electrons. The molecule has 0 aliphatic carbocycles. The van der Waals surface area contributed by atoms with Crippen LogP contribution in [0.5, 0.6) is 5.75 Å². The Balaban J connectivity index is 0.00000140. The van der Waals surface area contributed by atoms with Crippen molar-refractivity contribution in [3.8, 4) is 5.75 Å². The topological polar surface area (TPSA) is 57.7 Å². The van der Waals surface area contributed by atoms with Crippen LogP contribution in [0, 0.1) is 0 Å². The molecule has 6 nitrogen and oxygen atoms in total. The van der Waals surface area contributed by atoms with Crippen molar-refractivity contribution in [2.75, 3.05) is 39.3 Å². The fraction of sp³-hybridized carbons (Fsp3) is 0.474. The van der Waals surface area contributed by atoms with E-state index >= 15 is 0 Å². The highest BCUT2D eigenvalue weighted by Gasteiger charge is 2.32. The maximum Gasteiger partial charge on any atom is 0.257 e. The first-order valence-electron chi connectivity index (χ1n) is 9.14. The number of carbonyl (C=O) groups excluding carboxylic acids is 1. The fourth-order valence-electron chi connectivity index (χ4n) is 3.67. The van der Waals surface area contributed by atoms with E-state index in [1.807, 2.05) is 34.5 Å². The number of nitrogens with one attached hydrogen (secondary N) is 1. The summed E-state index contributed by atoms with van der Waals surface area (Å²) in [6.45, 7) is 6.22. The molecule has 1 amide bonds. The predicted molar refractivity (Wildman–Crippen MR) is 116 cm³/mol. The molecule has 2 aromatic rings. The Hall–Kier alpha value is -1.38. The molecule has 1 atom stereocenters. The molecule has 4 rings (SSSR count). The molecule has 2 aliphatic heterocycles. The second-order valence-electron chi connectivity index (χ2n) is 6.74. The zero-order valence-electron chi connectivity index (χ0n) is 15.6. The van der Waals surface area contributed by atoms with Crippen molar-refractivity contribution in [2.45, 2.75) is 19.1 Å². The quantitative estimate of drug-likeness (QED) is 0.767. The van der Waals surface area contributed by atoms with Crippen molar-refractivity contribution < 1.29 is 9.53 Å². The number of nitrogens with zero attached hydrogens (tertiary/aromatic N) is 3. The molecule has 2 fully saturated rings. The van der Waals surface area contributed by atoms with Crippen LogP contribution in [-0.4, -0.2) is 66.0 Å². The van der Waals surface area contributed by atoms with Gasteiger partial charge in [-0.25, -0.2) is 4.98 Å². The van der Waals surface area contributed by atoms with Crippen molar-refractivity contribution in [2.24, 2.45) is 0 Å². The molecule has 2 aliphatic rings. The van der Waals surface area contributed by atoms with E-state index in [-0.39, 0.29) is 30.7 Å². The summed E-state index contributed by atoms with van der Waals surface area (Å²) < 4.78 is 5.88. The molecule has 0 spiro atoms. The Morgan fingerprint density at radius 3 is 2.75 bits per heavy atom. The minimum atomic E-state index is 0. The smallest absolute Gasteiger partial charge is 0.257 e. The zero-order chi connectivity index (χ0) is 17.8. The van der Waals surface area contributed by atoms with Crippen LogP contribution >= 0.6 is 36.2 Å². The average molecular weight is 445 g/mol. The molecular formula is C19H26Cl2N4O2S. The molecule has 1 aromatic heterocycles. The Morgan fingerprint density at radius 1 is 1.21 bits per heavy atom. The number of piperazine rings is 1. The van der Waals surface area contributed by atoms with Crippen molar-refractivity contribution >= 4 is 42.1 Å². The maximum absolute atomic E-state index is 13.1. The van der Waals surface area contributed by atoms with Crippen LogP contribution in [0.3, 0.4) is 0 Å². The lowest BCUT2D eigenvalue weighted by Crippen LogP contribution is -2.49. The Morgan fingerprint density at radius 2 is 2.00 bits per heavy atom. The summed E-state index contributed by atoms with van der Waals surface area (Å²) in [7, 11) is 0. The highest BCUT2D eigenvalue weighted by molar-refractivity contribution is 7.07. The lowest BCUT2D eigenvalue weighted by molar-refractivity contribution is 0.0768. The van der Waals surface area contributed by atoms with E-state index in [1.54, 1.807) is 16.8 Å². The molecule has 3 heterocycles. The van der Waals surface area contributed by atoms with Crippen LogP contribution in [0.4, 0.5) is 0 Å². The number of rotatable bonds is 5. The number of thiazole rings is 1. The van der Waals surface area contributed by atoms with E-state index in [4.69, 9.17) is 4.74 Å². The van der Waals surface area contributed by atoms with E-state index in [1.165, 1.54) is 0 Å². The van der Waals surface area contributed by atoms with Crippen LogP contribution < -0.4 is 10.1 Å². The average Bonchev–Trinajstić information content (AvgIpc) is 3.39. The lowest BCUT2D eigenvalue weighted by atomic mass is 10.1. The van der Waals surface area contributed by atoms with Crippen molar-refractivity contribution in [1.82, 2.24) is 20.1 Å². The molecule has 1 aromatic carbocycles. The first-order chi connectivity index (χ1) is 12.8. The molecule has 1 unspecified atom stereocenters. The number of ether oxygens (including phenoxy) is 1. The van der Waals surface area contributed by atoms with Crippen LogP contribution in [0.1, 0.15) is 22.5 Å². The third kappa shape index (κ3) is 5.36. The normalized spacial score (nSPS) is 19.6. The second-order valence-corrected chi connectivity index (χ2v) is 7.46. The molecule has 154 valence electrons. The third-order valence-corrected chi connectivity index (χ3v) is 5.73. The van der Waals surface area contributed by atoms with Gasteiger partial charge < -0.3 is 15.0 Å². The van der Waals surface area contributed by atoms with Gasteiger partial charge in [0.2, 0.25) is 0 Å². The molecule has 9 heteroatoms. The van der Waals surface area contributed by atoms with Crippen LogP contribution in [-0.2, 0) is 6.61 Å². The number of hydrogen-bond acceptors (Lipinski definition) is 6. The van der Waals surface area contributed by atoms with Gasteiger partial charge in [-0.2, -0.15) is 0 Å². The van der Waals surface area contributed by atoms with Gasteiger partial charge in [0.15, 0.2) is 0 Å². The van der Waals surface area contributed by atoms with Gasteiger partial charge in [0.25, 0.3) is 5.91 Å². The predicted octanol–water partition coefficient (Wildman–Crippen LogP) is 2.69. The summed E-state index contributed by atoms with van der Waals surface area (Å²) >= 11 is 1.54. The molecule has 28 heavy (non-hydrogen) atoms. The largest absolute Gasteiger partial charge is 0.486 e. The van der Waals surface area contributed by atoms with Crippen molar-refractivity contribution in [1.29, 1.82) is 0 Å². The van der Waals surface area contributed by atoms with Gasteiger partial charge in [-0.15, -0.1) is 36.2 Å². The highest BCUT2D eigenvalue weighted by atomic mass is 35.5. The summed E-state index contributed by atoms with van der Waals surface area (Å²) in [6.07, 6.45) is 1.05. The SMILES string of the molecule is Cl.Cl.O=C(c1ccccc1OCc1cscn1)N1CCC(N2CCNCC2)C1. The molecule has 2 saturated heterocycles. The van der Waals surface area contributed by atoms with E-state index in [0.717, 1.165) is 51.4 Å². The number of carbonyl (C=O) groups is 1. The standard InChI is InChI=1S/C19H24N4O2S.2ClH/c24-19(23-8-5-16(11-23)22-9-6-20-7-10-22)17-3-1-2-4-18(17)25-12-15-13-26-14-21-15;;/h1-4,13-14,16,20H,5-12H2;2*1H. The molecular weight excluding hydrogens is 419 g/mol. The minimum absolute atomic E-state index is 0. The van der Waals surface area contributed by atoms with Gasteiger partial charge in [-0.3, -0.25) is 9.69 Å². The minimum Gasteiger partial charge on any atom is -0.486 e. The summed E-state index contributed by atoms with van der Waals surface area (Å²) in [5.41, 5.74) is 3.32. The van der Waals surface area contributed by atoms with E-state index in [9.17, 15) is 4.79 Å². The van der Waals surface area contributed by atoms with Crippen LogP contribution in [0.15, 0.2) is 35.2 Å². The fourth-order valence-corrected chi connectivity index (χ4v) is 4.21. The first-order valence-corrected chi connectivity index (χ1v) is 10.1. The van der Waals surface area contributed by atoms with Gasteiger partial charge in [-0.05, 0) is 18.6 Å². The Labute approximate surface area is 182 Å². The van der Waals surface area contributed by atoms with Gasteiger partial charge in [-0.1, -0.05) is 12.1 Å². The van der Waals surface area contributed by atoms with E-state index < -0.39 is 0 Å². The number of amides is 1. The van der Waals surface area contributed by atoms with Crippen LogP contribution in [0.25, 0.3) is 0 Å². The Kier molecular flexibility index (Phi) is 8.98. The lowest BCUT2D eigenvalue weighted by Gasteiger charge is -2.32. The van der Waals surface area contributed by atoms with E-state index in [2.05, 4.69) is 15.2 Å². The molecule has 1 N–H and O–H groups in total. The summed E-state index contributed by atoms with van der Waals surface area (Å²) in [4.78, 5) is 21.8. The first kappa shape index (κ1) is 22.9. The third-order valence-electron chi connectivity index (χ3n) is 5.10. The number of benzene rings is 1. The summed E-state index contributed by atoms with van der Waals surface area (Å²) in [5, 5.41) is 5.35. The maximum atomic E-state index is 13.1. The van der Waals surface area contributed by atoms with Crippen molar-refractivity contribution in [3.63, 3.8) is 0 Å². The monoisotopic (exact) mass is 444 g/mol. The van der Waals surface area contributed by atoms with Gasteiger partial charge in [0, 0.05) is 50.7 Å². The van der Waals surface area contributed by atoms with E-state index in [0.29, 0.717) is 24.0 Å². The number of para-hydroxylation sites is 1. The number of halogens is 2. The van der Waals surface area contributed by atoms with Crippen molar-refractivity contribution in [3.05, 3.63) is 46.4 Å². The highest BCUT2D eigenvalue weighted by Crippen LogP contribution is 2.24. The van der Waals surface area contributed by atoms with Crippen LogP contribution in [0.2, 0.25) is 0 Å². The molecule has 0 saturated carbocycles.